The van der Waals surface area contributed by atoms with Crippen molar-refractivity contribution in [1.29, 1.82) is 0 Å². The molecule has 0 fully saturated rings. The highest BCUT2D eigenvalue weighted by Gasteiger charge is 2.40. The molecule has 3 aromatic rings. The molecular weight excluding hydrogens is 564 g/mol. The smallest absolute Gasteiger partial charge is 0.325 e. The number of hydrogen-bond donors (Lipinski definition) is 1. The van der Waals surface area contributed by atoms with E-state index in [4.69, 9.17) is 34.8 Å². The highest BCUT2D eigenvalue weighted by Crippen LogP contribution is 2.41. The Bertz CT molecular complexity index is 1330. The zero-order valence-corrected chi connectivity index (χ0v) is 18.6. The third-order valence-electron chi connectivity index (χ3n) is 4.30. The molecule has 0 unspecified atom stereocenters. The van der Waals surface area contributed by atoms with Crippen molar-refractivity contribution in [2.24, 2.45) is 0 Å². The summed E-state index contributed by atoms with van der Waals surface area (Å²) in [5.41, 5.74) is -8.56. The molecule has 0 spiro atoms. The average Bonchev–Trinajstić information content (AvgIpc) is 2.67. The summed E-state index contributed by atoms with van der Waals surface area (Å²) in [4.78, 5) is 15.9. The van der Waals surface area contributed by atoms with Crippen molar-refractivity contribution in [3.8, 4) is 5.69 Å². The van der Waals surface area contributed by atoms with Gasteiger partial charge in [0.2, 0.25) is 5.95 Å². The summed E-state index contributed by atoms with van der Waals surface area (Å²) in [6, 6.07) is 3.56. The van der Waals surface area contributed by atoms with Gasteiger partial charge in [-0.25, -0.2) is 9.55 Å². The van der Waals surface area contributed by atoms with Gasteiger partial charge in [0.05, 0.1) is 22.5 Å². The quantitative estimate of drug-likeness (QED) is 0.325. The fraction of sp³-hybridized carbons (Fsp3) is 0.158. The van der Waals surface area contributed by atoms with Crippen LogP contribution in [0.5, 0.6) is 0 Å². The minimum atomic E-state index is -5.38. The highest BCUT2D eigenvalue weighted by atomic mass is 35.5. The molecule has 3 rings (SSSR count). The Morgan fingerprint density at radius 1 is 0.771 bits per heavy atom. The highest BCUT2D eigenvalue weighted by molar-refractivity contribution is 6.35. The van der Waals surface area contributed by atoms with Gasteiger partial charge in [0, 0.05) is 10.0 Å². The van der Waals surface area contributed by atoms with Gasteiger partial charge in [0.25, 0.3) is 5.56 Å². The van der Waals surface area contributed by atoms with Crippen LogP contribution in [0.25, 0.3) is 5.69 Å². The van der Waals surface area contributed by atoms with Gasteiger partial charge in [0.15, 0.2) is 5.69 Å². The van der Waals surface area contributed by atoms with Crippen molar-refractivity contribution < 1.29 is 39.5 Å². The molecule has 0 aliphatic rings. The molecule has 16 heteroatoms. The number of hydrogen-bond acceptors (Lipinski definition) is 3. The maximum absolute atomic E-state index is 13.5. The predicted octanol–water partition coefficient (Wildman–Crippen LogP) is 7.99. The predicted molar refractivity (Wildman–Crippen MR) is 110 cm³/mol. The van der Waals surface area contributed by atoms with E-state index in [1.165, 1.54) is 6.07 Å². The van der Waals surface area contributed by atoms with E-state index < -0.39 is 57.6 Å². The largest absolute Gasteiger partial charge is 0.435 e. The van der Waals surface area contributed by atoms with Crippen LogP contribution in [0.3, 0.4) is 0 Å². The fourth-order valence-electron chi connectivity index (χ4n) is 2.86. The summed E-state index contributed by atoms with van der Waals surface area (Å²) in [6.07, 6.45) is -15.8. The summed E-state index contributed by atoms with van der Waals surface area (Å²) in [5.74, 6) is -1.16. The van der Waals surface area contributed by atoms with Crippen molar-refractivity contribution in [2.45, 2.75) is 18.5 Å². The molecule has 35 heavy (non-hydrogen) atoms. The van der Waals surface area contributed by atoms with Crippen LogP contribution >= 0.6 is 34.8 Å². The molecule has 0 radical (unpaired) electrons. The van der Waals surface area contributed by atoms with E-state index in [-0.39, 0.29) is 27.9 Å². The molecule has 0 bridgehead atoms. The Morgan fingerprint density at radius 3 is 1.83 bits per heavy atom. The Hall–Kier alpha value is -2.64. The summed E-state index contributed by atoms with van der Waals surface area (Å²) >= 11 is 17.2. The molecule has 1 heterocycles. The molecule has 4 nitrogen and oxygen atoms in total. The van der Waals surface area contributed by atoms with Crippen LogP contribution in [0.2, 0.25) is 15.1 Å². The normalized spacial score (nSPS) is 12.7. The van der Waals surface area contributed by atoms with Gasteiger partial charge >= 0.3 is 18.5 Å². The number of nitrogens with one attached hydrogen (secondary N) is 1. The summed E-state index contributed by atoms with van der Waals surface area (Å²) in [6.45, 7) is 0. The molecule has 0 amide bonds. The second-order valence-electron chi connectivity index (χ2n) is 6.74. The summed E-state index contributed by atoms with van der Waals surface area (Å²) in [5, 5.41) is 0.199. The standard InChI is InChI=1S/C19H7Cl3F9N3O/c20-8-4-9(21)6-10(5-8)34-15(35)13(22)14(19(29,30)31)33-16(34)32-12-2-1-7(17(23,24)25)3-11(12)18(26,27)28/h1-6H,(H,32,33). The Labute approximate surface area is 203 Å². The number of halogens is 12. The summed E-state index contributed by atoms with van der Waals surface area (Å²) in [7, 11) is 0. The van der Waals surface area contributed by atoms with E-state index in [9.17, 15) is 44.3 Å². The Morgan fingerprint density at radius 2 is 1.34 bits per heavy atom. The topological polar surface area (TPSA) is 46.9 Å². The minimum absolute atomic E-state index is 0.119. The number of rotatable bonds is 3. The monoisotopic (exact) mass is 569 g/mol. The maximum Gasteiger partial charge on any atom is 0.435 e. The van der Waals surface area contributed by atoms with Crippen LogP contribution in [0.4, 0.5) is 51.1 Å². The SMILES string of the molecule is O=c1c(Cl)c(C(F)(F)F)nc(Nc2ccc(C(F)(F)F)cc2C(F)(F)F)n1-c1cc(Cl)cc(Cl)c1. The zero-order valence-electron chi connectivity index (χ0n) is 16.3. The number of aromatic nitrogens is 2. The van der Waals surface area contributed by atoms with E-state index in [2.05, 4.69) is 4.98 Å². The molecule has 188 valence electrons. The lowest BCUT2D eigenvalue weighted by molar-refractivity contribution is -0.143. The minimum Gasteiger partial charge on any atom is -0.325 e. The second-order valence-corrected chi connectivity index (χ2v) is 8.00. The fourth-order valence-corrected chi connectivity index (χ4v) is 3.61. The second kappa shape index (κ2) is 9.10. The molecule has 0 aliphatic heterocycles. The van der Waals surface area contributed by atoms with Gasteiger partial charge in [0.1, 0.15) is 5.02 Å². The van der Waals surface area contributed by atoms with Crippen LogP contribution < -0.4 is 10.9 Å². The lowest BCUT2D eigenvalue weighted by Crippen LogP contribution is -2.28. The first kappa shape index (κ1) is 27.0. The number of anilines is 2. The molecule has 0 aliphatic carbocycles. The molecule has 0 atom stereocenters. The number of alkyl halides is 9. The first-order chi connectivity index (χ1) is 15.9. The Balaban J connectivity index is 2.34. The first-order valence-corrected chi connectivity index (χ1v) is 9.94. The van der Waals surface area contributed by atoms with Crippen molar-refractivity contribution in [2.75, 3.05) is 5.32 Å². The van der Waals surface area contributed by atoms with Crippen LogP contribution in [0.15, 0.2) is 41.2 Å². The van der Waals surface area contributed by atoms with Crippen molar-refractivity contribution in [3.63, 3.8) is 0 Å². The van der Waals surface area contributed by atoms with Gasteiger partial charge in [-0.05, 0) is 36.4 Å². The van der Waals surface area contributed by atoms with Gasteiger partial charge in [-0.3, -0.25) is 4.79 Å². The van der Waals surface area contributed by atoms with Crippen LogP contribution in [0, 0.1) is 0 Å². The number of benzene rings is 2. The van der Waals surface area contributed by atoms with Crippen LogP contribution in [-0.2, 0) is 18.5 Å². The van der Waals surface area contributed by atoms with E-state index in [0.29, 0.717) is 10.6 Å². The lowest BCUT2D eigenvalue weighted by Gasteiger charge is -2.20. The van der Waals surface area contributed by atoms with Crippen molar-refractivity contribution in [3.05, 3.63) is 78.6 Å². The molecule has 1 aromatic heterocycles. The maximum atomic E-state index is 13.5. The molecular formula is C19H7Cl3F9N3O. The van der Waals surface area contributed by atoms with Crippen molar-refractivity contribution >= 4 is 46.4 Å². The number of nitrogens with zero attached hydrogens (tertiary/aromatic N) is 2. The van der Waals surface area contributed by atoms with Gasteiger partial charge in [-0.1, -0.05) is 34.8 Å². The molecule has 0 saturated heterocycles. The van der Waals surface area contributed by atoms with Gasteiger partial charge in [-0.2, -0.15) is 39.5 Å². The lowest BCUT2D eigenvalue weighted by atomic mass is 10.1. The molecule has 2 aromatic carbocycles. The van der Waals surface area contributed by atoms with Gasteiger partial charge < -0.3 is 5.32 Å². The molecule has 0 saturated carbocycles. The van der Waals surface area contributed by atoms with E-state index in [1.54, 1.807) is 0 Å². The van der Waals surface area contributed by atoms with E-state index in [0.717, 1.165) is 12.1 Å². The van der Waals surface area contributed by atoms with Gasteiger partial charge in [-0.15, -0.1) is 0 Å². The zero-order chi connectivity index (χ0) is 26.5. The Kier molecular flexibility index (Phi) is 7.01. The first-order valence-electron chi connectivity index (χ1n) is 8.81. The van der Waals surface area contributed by atoms with E-state index >= 15 is 0 Å². The van der Waals surface area contributed by atoms with Crippen molar-refractivity contribution in [1.82, 2.24) is 9.55 Å². The summed E-state index contributed by atoms with van der Waals surface area (Å²) < 4.78 is 120. The third-order valence-corrected chi connectivity index (χ3v) is 5.08. The van der Waals surface area contributed by atoms with Crippen LogP contribution in [-0.4, -0.2) is 9.55 Å². The third kappa shape index (κ3) is 5.78. The van der Waals surface area contributed by atoms with Crippen LogP contribution in [0.1, 0.15) is 16.8 Å². The molecule has 1 N–H and O–H groups in total. The average molecular weight is 571 g/mol. The van der Waals surface area contributed by atoms with E-state index in [1.807, 2.05) is 5.32 Å².